The van der Waals surface area contributed by atoms with Gasteiger partial charge in [-0.25, -0.2) is 0 Å². The SMILES string of the molecule is C1=CC2CC1CC2CNc1cccc2ncccc12. The van der Waals surface area contributed by atoms with Crippen LogP contribution in [0.5, 0.6) is 0 Å². The summed E-state index contributed by atoms with van der Waals surface area (Å²) in [4.78, 5) is 4.41. The number of aromatic nitrogens is 1. The zero-order valence-corrected chi connectivity index (χ0v) is 10.9. The molecule has 4 rings (SSSR count). The van der Waals surface area contributed by atoms with Crippen LogP contribution < -0.4 is 5.32 Å². The third-order valence-electron chi connectivity index (χ3n) is 4.62. The number of anilines is 1. The first-order chi connectivity index (χ1) is 9.40. The number of hydrogen-bond donors (Lipinski definition) is 1. The Kier molecular flexibility index (Phi) is 2.54. The summed E-state index contributed by atoms with van der Waals surface area (Å²) in [6.07, 6.45) is 9.42. The van der Waals surface area contributed by atoms with Crippen LogP contribution in [0.2, 0.25) is 0 Å². The molecule has 96 valence electrons. The van der Waals surface area contributed by atoms with E-state index in [0.29, 0.717) is 0 Å². The third-order valence-corrected chi connectivity index (χ3v) is 4.62. The lowest BCUT2D eigenvalue weighted by atomic mass is 9.93. The molecule has 2 aliphatic carbocycles. The second-order valence-corrected chi connectivity index (χ2v) is 5.80. The first-order valence-electron chi connectivity index (χ1n) is 7.16. The molecule has 0 saturated heterocycles. The fourth-order valence-electron chi connectivity index (χ4n) is 3.63. The topological polar surface area (TPSA) is 24.9 Å². The second kappa shape index (κ2) is 4.37. The standard InChI is InChI=1S/C17H18N2/c1-4-16-15(3-2-8-18-16)17(5-1)19-11-14-10-12-6-7-13(14)9-12/h1-8,12-14,19H,9-11H2. The van der Waals surface area contributed by atoms with Gasteiger partial charge in [-0.1, -0.05) is 18.2 Å². The minimum atomic E-state index is 0.807. The highest BCUT2D eigenvalue weighted by Gasteiger charge is 2.35. The molecule has 19 heavy (non-hydrogen) atoms. The van der Waals surface area contributed by atoms with Crippen LogP contribution >= 0.6 is 0 Å². The molecule has 2 heteroatoms. The molecule has 1 heterocycles. The summed E-state index contributed by atoms with van der Waals surface area (Å²) >= 11 is 0. The Hall–Kier alpha value is -1.83. The molecule has 0 spiro atoms. The predicted octanol–water partition coefficient (Wildman–Crippen LogP) is 3.86. The quantitative estimate of drug-likeness (QED) is 0.837. The minimum Gasteiger partial charge on any atom is -0.384 e. The maximum Gasteiger partial charge on any atom is 0.0722 e. The zero-order chi connectivity index (χ0) is 12.7. The van der Waals surface area contributed by atoms with Gasteiger partial charge in [0, 0.05) is 23.8 Å². The lowest BCUT2D eigenvalue weighted by Crippen LogP contribution is -2.18. The predicted molar refractivity (Wildman–Crippen MR) is 79.1 cm³/mol. The van der Waals surface area contributed by atoms with Gasteiger partial charge in [0.1, 0.15) is 0 Å². The van der Waals surface area contributed by atoms with Crippen molar-refractivity contribution in [1.29, 1.82) is 0 Å². The molecule has 2 nitrogen and oxygen atoms in total. The Balaban J connectivity index is 1.54. The van der Waals surface area contributed by atoms with E-state index in [-0.39, 0.29) is 0 Å². The number of fused-ring (bicyclic) bond motifs is 3. The van der Waals surface area contributed by atoms with Crippen LogP contribution in [0.3, 0.4) is 0 Å². The van der Waals surface area contributed by atoms with Crippen molar-refractivity contribution < 1.29 is 0 Å². The molecule has 1 fully saturated rings. The molecular formula is C17H18N2. The Morgan fingerprint density at radius 2 is 2.11 bits per heavy atom. The number of allylic oxidation sites excluding steroid dienone is 2. The fraction of sp³-hybridized carbons (Fsp3) is 0.353. The minimum absolute atomic E-state index is 0.807. The van der Waals surface area contributed by atoms with Crippen molar-refractivity contribution in [3.63, 3.8) is 0 Å². The summed E-state index contributed by atoms with van der Waals surface area (Å²) in [6, 6.07) is 10.5. The van der Waals surface area contributed by atoms with Gasteiger partial charge in [0.2, 0.25) is 0 Å². The largest absolute Gasteiger partial charge is 0.384 e. The van der Waals surface area contributed by atoms with E-state index >= 15 is 0 Å². The van der Waals surface area contributed by atoms with Crippen LogP contribution in [0.25, 0.3) is 10.9 Å². The van der Waals surface area contributed by atoms with Crippen molar-refractivity contribution in [2.45, 2.75) is 12.8 Å². The normalized spacial score (nSPS) is 28.1. The van der Waals surface area contributed by atoms with Gasteiger partial charge in [0.05, 0.1) is 5.52 Å². The first-order valence-corrected chi connectivity index (χ1v) is 7.16. The van der Waals surface area contributed by atoms with Crippen molar-refractivity contribution in [3.05, 3.63) is 48.7 Å². The summed E-state index contributed by atoms with van der Waals surface area (Å²) in [5.74, 6) is 2.47. The van der Waals surface area contributed by atoms with E-state index < -0.39 is 0 Å². The molecular weight excluding hydrogens is 232 g/mol. The monoisotopic (exact) mass is 250 g/mol. The Morgan fingerprint density at radius 1 is 1.11 bits per heavy atom. The van der Waals surface area contributed by atoms with Gasteiger partial charge in [-0.05, 0) is 54.9 Å². The second-order valence-electron chi connectivity index (χ2n) is 5.80. The first kappa shape index (κ1) is 11.0. The molecule has 0 radical (unpaired) electrons. The van der Waals surface area contributed by atoms with Crippen LogP contribution in [0.1, 0.15) is 12.8 Å². The van der Waals surface area contributed by atoms with Gasteiger partial charge in [0.15, 0.2) is 0 Å². The molecule has 1 aromatic carbocycles. The molecule has 2 aliphatic rings. The summed E-state index contributed by atoms with van der Waals surface area (Å²) < 4.78 is 0. The van der Waals surface area contributed by atoms with Crippen molar-refractivity contribution in [3.8, 4) is 0 Å². The lowest BCUT2D eigenvalue weighted by molar-refractivity contribution is 0.472. The van der Waals surface area contributed by atoms with Crippen molar-refractivity contribution in [2.24, 2.45) is 17.8 Å². The van der Waals surface area contributed by atoms with Gasteiger partial charge in [-0.15, -0.1) is 0 Å². The number of nitrogens with one attached hydrogen (secondary N) is 1. The number of benzene rings is 1. The van der Waals surface area contributed by atoms with E-state index in [4.69, 9.17) is 0 Å². The fourth-order valence-corrected chi connectivity index (χ4v) is 3.63. The van der Waals surface area contributed by atoms with Crippen molar-refractivity contribution in [1.82, 2.24) is 4.98 Å². The zero-order valence-electron chi connectivity index (χ0n) is 10.9. The van der Waals surface area contributed by atoms with Crippen LogP contribution in [0.4, 0.5) is 5.69 Å². The van der Waals surface area contributed by atoms with E-state index in [1.54, 1.807) is 0 Å². The molecule has 2 aromatic rings. The van der Waals surface area contributed by atoms with Crippen molar-refractivity contribution in [2.75, 3.05) is 11.9 Å². The number of nitrogens with zero attached hydrogens (tertiary/aromatic N) is 1. The molecule has 1 N–H and O–H groups in total. The summed E-state index contributed by atoms with van der Waals surface area (Å²) in [6.45, 7) is 1.08. The average Bonchev–Trinajstić information content (AvgIpc) is 3.07. The molecule has 3 unspecified atom stereocenters. The number of pyridine rings is 1. The molecule has 1 saturated carbocycles. The molecule has 2 bridgehead atoms. The highest BCUT2D eigenvalue weighted by molar-refractivity contribution is 5.91. The van der Waals surface area contributed by atoms with E-state index in [0.717, 1.165) is 29.8 Å². The van der Waals surface area contributed by atoms with Gasteiger partial charge >= 0.3 is 0 Å². The maximum atomic E-state index is 4.41. The summed E-state index contributed by atoms with van der Waals surface area (Å²) in [5.41, 5.74) is 2.29. The van der Waals surface area contributed by atoms with Gasteiger partial charge in [-0.2, -0.15) is 0 Å². The molecule has 1 aromatic heterocycles. The van der Waals surface area contributed by atoms with E-state index in [1.165, 1.54) is 23.9 Å². The van der Waals surface area contributed by atoms with Crippen LogP contribution in [-0.4, -0.2) is 11.5 Å². The van der Waals surface area contributed by atoms with E-state index in [2.05, 4.69) is 46.7 Å². The Morgan fingerprint density at radius 3 is 2.95 bits per heavy atom. The summed E-state index contributed by atoms with van der Waals surface area (Å²) in [5, 5.41) is 4.87. The van der Waals surface area contributed by atoms with Gasteiger partial charge < -0.3 is 5.32 Å². The Bertz CT molecular complexity index is 627. The molecule has 3 atom stereocenters. The van der Waals surface area contributed by atoms with Gasteiger partial charge in [0.25, 0.3) is 0 Å². The number of rotatable bonds is 3. The Labute approximate surface area is 113 Å². The van der Waals surface area contributed by atoms with Crippen molar-refractivity contribution >= 4 is 16.6 Å². The highest BCUT2D eigenvalue weighted by Crippen LogP contribution is 2.43. The molecule has 0 amide bonds. The third kappa shape index (κ3) is 1.92. The van der Waals surface area contributed by atoms with Crippen LogP contribution in [-0.2, 0) is 0 Å². The maximum absolute atomic E-state index is 4.41. The van der Waals surface area contributed by atoms with Crippen LogP contribution in [0.15, 0.2) is 48.7 Å². The highest BCUT2D eigenvalue weighted by atomic mass is 14.9. The van der Waals surface area contributed by atoms with Gasteiger partial charge in [-0.3, -0.25) is 4.98 Å². The summed E-state index contributed by atoms with van der Waals surface area (Å²) in [7, 11) is 0. The smallest absolute Gasteiger partial charge is 0.0722 e. The van der Waals surface area contributed by atoms with E-state index in [9.17, 15) is 0 Å². The van der Waals surface area contributed by atoms with E-state index in [1.807, 2.05) is 12.3 Å². The average molecular weight is 250 g/mol. The molecule has 0 aliphatic heterocycles. The number of hydrogen-bond acceptors (Lipinski definition) is 2. The van der Waals surface area contributed by atoms with Crippen LogP contribution in [0, 0.1) is 17.8 Å². The lowest BCUT2D eigenvalue weighted by Gasteiger charge is -2.19.